The Morgan fingerprint density at radius 2 is 1.82 bits per heavy atom. The molecule has 0 aromatic heterocycles. The van der Waals surface area contributed by atoms with Gasteiger partial charge in [-0.05, 0) is 54.3 Å². The van der Waals surface area contributed by atoms with Gasteiger partial charge in [0.1, 0.15) is 11.6 Å². The van der Waals surface area contributed by atoms with Crippen LogP contribution in [0.3, 0.4) is 0 Å². The summed E-state index contributed by atoms with van der Waals surface area (Å²) < 4.78 is 19.4. The van der Waals surface area contributed by atoms with Crippen molar-refractivity contribution in [3.8, 4) is 5.75 Å². The van der Waals surface area contributed by atoms with Gasteiger partial charge in [-0.1, -0.05) is 56.3 Å². The number of rotatable bonds is 7. The molecule has 1 N–H and O–H groups in total. The minimum atomic E-state index is -0.593. The molecule has 1 aliphatic heterocycles. The minimum Gasteiger partial charge on any atom is -0.480 e. The van der Waals surface area contributed by atoms with Crippen molar-refractivity contribution in [2.45, 2.75) is 51.8 Å². The van der Waals surface area contributed by atoms with E-state index in [1.807, 2.05) is 56.3 Å². The van der Waals surface area contributed by atoms with Crippen molar-refractivity contribution >= 4 is 17.5 Å². The van der Waals surface area contributed by atoms with E-state index in [9.17, 15) is 14.0 Å². The highest BCUT2D eigenvalue weighted by Crippen LogP contribution is 2.31. The van der Waals surface area contributed by atoms with Gasteiger partial charge in [0, 0.05) is 24.3 Å². The van der Waals surface area contributed by atoms with Crippen molar-refractivity contribution in [2.75, 3.05) is 5.32 Å². The summed E-state index contributed by atoms with van der Waals surface area (Å²) in [6.07, 6.45) is 0.623. The predicted molar refractivity (Wildman–Crippen MR) is 130 cm³/mol. The van der Waals surface area contributed by atoms with E-state index in [4.69, 9.17) is 4.74 Å². The molecule has 0 saturated carbocycles. The second kappa shape index (κ2) is 10.5. The first-order chi connectivity index (χ1) is 16.5. The van der Waals surface area contributed by atoms with Crippen LogP contribution in [0.2, 0.25) is 0 Å². The first kappa shape index (κ1) is 23.5. The number of nitrogens with one attached hydrogen (secondary N) is 1. The lowest BCUT2D eigenvalue weighted by Gasteiger charge is -2.23. The maximum Gasteiger partial charge on any atom is 0.264 e. The van der Waals surface area contributed by atoms with Gasteiger partial charge in [0.2, 0.25) is 5.91 Å². The van der Waals surface area contributed by atoms with Crippen LogP contribution in [0, 0.1) is 5.82 Å². The maximum absolute atomic E-state index is 13.3. The molecule has 0 aliphatic carbocycles. The molecular formula is C28H29FN2O3. The second-order valence-electron chi connectivity index (χ2n) is 8.52. The second-order valence-corrected chi connectivity index (χ2v) is 8.52. The summed E-state index contributed by atoms with van der Waals surface area (Å²) in [4.78, 5) is 27.9. The number of carbonyl (C=O) groups is 2. The van der Waals surface area contributed by atoms with Gasteiger partial charge in [-0.3, -0.25) is 9.59 Å². The van der Waals surface area contributed by atoms with Crippen LogP contribution in [0.1, 0.15) is 49.3 Å². The Morgan fingerprint density at radius 3 is 2.50 bits per heavy atom. The normalized spacial score (nSPS) is 16.3. The highest BCUT2D eigenvalue weighted by Gasteiger charge is 2.30. The van der Waals surface area contributed by atoms with Gasteiger partial charge in [-0.15, -0.1) is 0 Å². The molecule has 6 heteroatoms. The molecule has 1 aliphatic rings. The summed E-state index contributed by atoms with van der Waals surface area (Å²) in [6, 6.07) is 21.4. The Labute approximate surface area is 199 Å². The number of fused-ring (bicyclic) bond motifs is 1. The number of halogens is 1. The van der Waals surface area contributed by atoms with E-state index in [2.05, 4.69) is 5.32 Å². The fourth-order valence-corrected chi connectivity index (χ4v) is 4.28. The highest BCUT2D eigenvalue weighted by atomic mass is 19.1. The van der Waals surface area contributed by atoms with E-state index in [1.54, 1.807) is 23.1 Å². The SMILES string of the molecule is CC[C@@H]1Oc2ccc(NC(=O)[C@H](CC)c3ccccc3)cc2CN(Cc2ccc(F)cc2)C1=O. The average molecular weight is 461 g/mol. The fourth-order valence-electron chi connectivity index (χ4n) is 4.28. The van der Waals surface area contributed by atoms with Crippen molar-refractivity contribution in [1.29, 1.82) is 0 Å². The summed E-state index contributed by atoms with van der Waals surface area (Å²) in [5.41, 5.74) is 3.29. The summed E-state index contributed by atoms with van der Waals surface area (Å²) in [7, 11) is 0. The smallest absolute Gasteiger partial charge is 0.264 e. The zero-order valence-electron chi connectivity index (χ0n) is 19.5. The Kier molecular flexibility index (Phi) is 7.26. The van der Waals surface area contributed by atoms with Gasteiger partial charge in [-0.2, -0.15) is 0 Å². The average Bonchev–Trinajstić information content (AvgIpc) is 2.97. The highest BCUT2D eigenvalue weighted by molar-refractivity contribution is 5.96. The summed E-state index contributed by atoms with van der Waals surface area (Å²) in [5, 5.41) is 3.03. The predicted octanol–water partition coefficient (Wildman–Crippen LogP) is 5.66. The van der Waals surface area contributed by atoms with E-state index >= 15 is 0 Å². The standard InChI is InChI=1S/C28H29FN2O3/c1-3-24(20-8-6-5-7-9-20)27(32)30-23-14-15-26-21(16-23)18-31(28(33)25(4-2)34-26)17-19-10-12-22(29)13-11-19/h5-16,24-25H,3-4,17-18H2,1-2H3,(H,30,32)/t24-,25+/m1/s1. The molecule has 5 nitrogen and oxygen atoms in total. The van der Waals surface area contributed by atoms with Crippen LogP contribution < -0.4 is 10.1 Å². The molecule has 176 valence electrons. The molecule has 2 atom stereocenters. The van der Waals surface area contributed by atoms with Gasteiger partial charge in [-0.25, -0.2) is 4.39 Å². The van der Waals surface area contributed by atoms with E-state index < -0.39 is 6.10 Å². The number of anilines is 1. The van der Waals surface area contributed by atoms with Crippen LogP contribution in [0.25, 0.3) is 0 Å². The van der Waals surface area contributed by atoms with E-state index in [0.717, 1.165) is 16.7 Å². The Bertz CT molecular complexity index is 1150. The maximum atomic E-state index is 13.3. The molecule has 0 saturated heterocycles. The van der Waals surface area contributed by atoms with Crippen LogP contribution in [-0.4, -0.2) is 22.8 Å². The molecule has 34 heavy (non-hydrogen) atoms. The Balaban J connectivity index is 1.56. The van der Waals surface area contributed by atoms with Crippen molar-refractivity contribution in [1.82, 2.24) is 4.90 Å². The Morgan fingerprint density at radius 1 is 1.09 bits per heavy atom. The van der Waals surface area contributed by atoms with Crippen molar-refractivity contribution in [2.24, 2.45) is 0 Å². The third kappa shape index (κ3) is 5.28. The topological polar surface area (TPSA) is 58.6 Å². The molecule has 0 unspecified atom stereocenters. The Hall–Kier alpha value is -3.67. The molecule has 3 aromatic carbocycles. The summed E-state index contributed by atoms with van der Waals surface area (Å²) in [6.45, 7) is 4.58. The minimum absolute atomic E-state index is 0.0751. The monoisotopic (exact) mass is 460 g/mol. The first-order valence-electron chi connectivity index (χ1n) is 11.7. The first-order valence-corrected chi connectivity index (χ1v) is 11.7. The van der Waals surface area contributed by atoms with E-state index in [-0.39, 0.29) is 23.5 Å². The summed E-state index contributed by atoms with van der Waals surface area (Å²) in [5.74, 6) is -0.114. The van der Waals surface area contributed by atoms with Crippen molar-refractivity contribution < 1.29 is 18.7 Å². The summed E-state index contributed by atoms with van der Waals surface area (Å²) >= 11 is 0. The van der Waals surface area contributed by atoms with E-state index in [1.165, 1.54) is 12.1 Å². The van der Waals surface area contributed by atoms with E-state index in [0.29, 0.717) is 37.4 Å². The largest absolute Gasteiger partial charge is 0.480 e. The molecule has 2 amide bonds. The zero-order valence-corrected chi connectivity index (χ0v) is 19.5. The third-order valence-corrected chi connectivity index (χ3v) is 6.13. The number of nitrogens with zero attached hydrogens (tertiary/aromatic N) is 1. The lowest BCUT2D eigenvalue weighted by molar-refractivity contribution is -0.139. The number of ether oxygens (including phenoxy) is 1. The van der Waals surface area contributed by atoms with Crippen molar-refractivity contribution in [3.05, 3.63) is 95.3 Å². The third-order valence-electron chi connectivity index (χ3n) is 6.13. The van der Waals surface area contributed by atoms with Gasteiger partial charge >= 0.3 is 0 Å². The number of carbonyl (C=O) groups excluding carboxylic acids is 2. The lowest BCUT2D eigenvalue weighted by atomic mass is 9.95. The molecule has 0 spiro atoms. The molecular weight excluding hydrogens is 431 g/mol. The number of hydrogen-bond acceptors (Lipinski definition) is 3. The van der Waals surface area contributed by atoms with Gasteiger partial charge in [0.25, 0.3) is 5.91 Å². The van der Waals surface area contributed by atoms with Gasteiger partial charge < -0.3 is 15.0 Å². The van der Waals surface area contributed by atoms with Crippen LogP contribution in [0.4, 0.5) is 10.1 Å². The van der Waals surface area contributed by atoms with Gasteiger partial charge in [0.15, 0.2) is 6.10 Å². The van der Waals surface area contributed by atoms with Crippen LogP contribution in [0.15, 0.2) is 72.8 Å². The number of hydrogen-bond donors (Lipinski definition) is 1. The van der Waals surface area contributed by atoms with Crippen LogP contribution in [-0.2, 0) is 22.7 Å². The van der Waals surface area contributed by atoms with Gasteiger partial charge in [0.05, 0.1) is 5.92 Å². The van der Waals surface area contributed by atoms with Crippen LogP contribution in [0.5, 0.6) is 5.75 Å². The van der Waals surface area contributed by atoms with Crippen LogP contribution >= 0.6 is 0 Å². The molecule has 0 fully saturated rings. The molecule has 4 rings (SSSR count). The number of benzene rings is 3. The molecule has 1 heterocycles. The molecule has 3 aromatic rings. The zero-order chi connectivity index (χ0) is 24.1. The molecule has 0 bridgehead atoms. The van der Waals surface area contributed by atoms with Crippen molar-refractivity contribution in [3.63, 3.8) is 0 Å². The number of amides is 2. The molecule has 0 radical (unpaired) electrons. The quantitative estimate of drug-likeness (QED) is 0.495. The fraction of sp³-hybridized carbons (Fsp3) is 0.286. The lowest BCUT2D eigenvalue weighted by Crippen LogP contribution is -2.38.